The number of benzene rings is 3. The van der Waals surface area contributed by atoms with Crippen LogP contribution < -0.4 is 0 Å². The molecule has 1 saturated heterocycles. The van der Waals surface area contributed by atoms with Gasteiger partial charge in [-0.2, -0.15) is 0 Å². The quantitative estimate of drug-likeness (QED) is 0.342. The fraction of sp³-hybridized carbons (Fsp3) is 0.276. The van der Waals surface area contributed by atoms with E-state index in [9.17, 15) is 4.79 Å². The first-order valence-corrected chi connectivity index (χ1v) is 11.5. The van der Waals surface area contributed by atoms with E-state index >= 15 is 0 Å². The number of fused-ring (bicyclic) bond motifs is 1. The van der Waals surface area contributed by atoms with Crippen LogP contribution >= 0.6 is 0 Å². The van der Waals surface area contributed by atoms with E-state index in [-0.39, 0.29) is 11.8 Å². The normalized spacial score (nSPS) is 22.0. The van der Waals surface area contributed by atoms with Crippen LogP contribution in [0.5, 0.6) is 0 Å². The number of ketones is 1. The van der Waals surface area contributed by atoms with Crippen LogP contribution in [-0.4, -0.2) is 16.7 Å². The molecule has 0 unspecified atom stereocenters. The van der Waals surface area contributed by atoms with Gasteiger partial charge in [-0.15, -0.1) is 0 Å². The van der Waals surface area contributed by atoms with Crippen molar-refractivity contribution in [2.45, 2.75) is 44.2 Å². The van der Waals surface area contributed by atoms with Crippen molar-refractivity contribution in [1.29, 1.82) is 0 Å². The van der Waals surface area contributed by atoms with Crippen molar-refractivity contribution in [1.82, 2.24) is 4.90 Å². The van der Waals surface area contributed by atoms with Gasteiger partial charge in [0.2, 0.25) is 0 Å². The van der Waals surface area contributed by atoms with Gasteiger partial charge in [0.15, 0.2) is 5.78 Å². The minimum atomic E-state index is 0.110. The smallest absolute Gasteiger partial charge is 0.187 e. The molecule has 2 aliphatic rings. The Morgan fingerprint density at radius 2 is 1.32 bits per heavy atom. The number of nitrogens with zero attached hydrogens (tertiary/aromatic N) is 1. The maximum absolute atomic E-state index is 13.1. The Labute approximate surface area is 185 Å². The summed E-state index contributed by atoms with van der Waals surface area (Å²) in [6.45, 7) is 0. The molecule has 2 atom stereocenters. The molecule has 0 aromatic heterocycles. The molecule has 1 heterocycles. The van der Waals surface area contributed by atoms with Crippen LogP contribution in [0, 0.1) is 5.92 Å². The molecular weight excluding hydrogens is 378 g/mol. The molecule has 31 heavy (non-hydrogen) atoms. The average Bonchev–Trinajstić information content (AvgIpc) is 3.19. The fourth-order valence-corrected chi connectivity index (χ4v) is 5.49. The Balaban J connectivity index is 1.60. The zero-order valence-electron chi connectivity index (χ0n) is 17.9. The Bertz CT molecular complexity index is 1000. The van der Waals surface area contributed by atoms with E-state index in [0.29, 0.717) is 12.0 Å². The maximum atomic E-state index is 13.1. The molecule has 1 aliphatic heterocycles. The number of rotatable bonds is 5. The molecule has 0 amide bonds. The van der Waals surface area contributed by atoms with Gasteiger partial charge in [-0.3, -0.25) is 4.79 Å². The number of hydrogen-bond donors (Lipinski definition) is 0. The second kappa shape index (κ2) is 8.93. The molecule has 2 fully saturated rings. The van der Waals surface area contributed by atoms with E-state index in [1.807, 2.05) is 36.4 Å². The average molecular weight is 408 g/mol. The number of carbonyl (C=O) groups is 1. The van der Waals surface area contributed by atoms with Crippen LogP contribution in [-0.2, 0) is 0 Å². The SMILES string of the molecule is O=C(/C=C1\C[C@@H]2CCCC[C@H]2N1C(c1ccccc1)c1ccccc1)c1ccccc1. The summed E-state index contributed by atoms with van der Waals surface area (Å²) in [5.74, 6) is 0.748. The first kappa shape index (κ1) is 19.8. The fourth-order valence-electron chi connectivity index (χ4n) is 5.49. The van der Waals surface area contributed by atoms with Crippen LogP contribution in [0.25, 0.3) is 0 Å². The van der Waals surface area contributed by atoms with Gasteiger partial charge in [0.1, 0.15) is 0 Å². The molecule has 156 valence electrons. The van der Waals surface area contributed by atoms with Gasteiger partial charge < -0.3 is 4.90 Å². The summed E-state index contributed by atoms with van der Waals surface area (Å²) >= 11 is 0. The molecule has 2 heteroatoms. The van der Waals surface area contributed by atoms with Gasteiger partial charge in [0.25, 0.3) is 0 Å². The third-order valence-electron chi connectivity index (χ3n) is 6.89. The van der Waals surface area contributed by atoms with Gasteiger partial charge in [-0.05, 0) is 36.3 Å². The van der Waals surface area contributed by atoms with Crippen LogP contribution in [0.4, 0.5) is 0 Å². The predicted molar refractivity (Wildman–Crippen MR) is 126 cm³/mol. The zero-order chi connectivity index (χ0) is 21.0. The van der Waals surface area contributed by atoms with E-state index in [0.717, 1.165) is 12.0 Å². The van der Waals surface area contributed by atoms with E-state index in [1.54, 1.807) is 0 Å². The molecule has 0 bridgehead atoms. The lowest BCUT2D eigenvalue weighted by Crippen LogP contribution is -2.37. The van der Waals surface area contributed by atoms with Crippen molar-refractivity contribution in [3.8, 4) is 0 Å². The van der Waals surface area contributed by atoms with Gasteiger partial charge >= 0.3 is 0 Å². The van der Waals surface area contributed by atoms with Gasteiger partial charge in [-0.25, -0.2) is 0 Å². The highest BCUT2D eigenvalue weighted by Crippen LogP contribution is 2.47. The Kier molecular flexibility index (Phi) is 5.71. The molecule has 0 radical (unpaired) electrons. The van der Waals surface area contributed by atoms with Crippen molar-refractivity contribution in [2.75, 3.05) is 0 Å². The van der Waals surface area contributed by atoms with Crippen molar-refractivity contribution in [2.24, 2.45) is 5.92 Å². The van der Waals surface area contributed by atoms with Gasteiger partial charge in [0, 0.05) is 23.4 Å². The molecule has 2 nitrogen and oxygen atoms in total. The van der Waals surface area contributed by atoms with E-state index < -0.39 is 0 Å². The summed E-state index contributed by atoms with van der Waals surface area (Å²) < 4.78 is 0. The standard InChI is InChI=1S/C29H29NO/c31-28(22-12-4-1-5-13-22)21-26-20-25-18-10-11-19-27(25)30(26)29(23-14-6-2-7-15-23)24-16-8-3-9-17-24/h1-9,12-17,21,25,27,29H,10-11,18-20H2/b26-21+/t25-,27+/m0/s1. The first-order valence-electron chi connectivity index (χ1n) is 11.5. The second-order valence-corrected chi connectivity index (χ2v) is 8.81. The van der Waals surface area contributed by atoms with Crippen molar-refractivity contribution < 1.29 is 4.79 Å². The van der Waals surface area contributed by atoms with Crippen molar-refractivity contribution >= 4 is 5.78 Å². The van der Waals surface area contributed by atoms with Crippen LogP contribution in [0.1, 0.15) is 59.6 Å². The minimum absolute atomic E-state index is 0.110. The molecule has 1 saturated carbocycles. The summed E-state index contributed by atoms with van der Waals surface area (Å²) in [6.07, 6.45) is 7.96. The minimum Gasteiger partial charge on any atom is -0.360 e. The highest BCUT2D eigenvalue weighted by atomic mass is 16.1. The number of carbonyl (C=O) groups excluding carboxylic acids is 1. The Hall–Kier alpha value is -3.13. The summed E-state index contributed by atoms with van der Waals surface area (Å²) in [5, 5.41) is 0. The van der Waals surface area contributed by atoms with Gasteiger partial charge in [0.05, 0.1) is 6.04 Å². The molecule has 0 spiro atoms. The molecule has 3 aromatic rings. The van der Waals surface area contributed by atoms with E-state index in [2.05, 4.69) is 65.6 Å². The molecule has 3 aromatic carbocycles. The molecule has 1 aliphatic carbocycles. The molecular formula is C29H29NO. The second-order valence-electron chi connectivity index (χ2n) is 8.81. The Morgan fingerprint density at radius 3 is 1.94 bits per heavy atom. The molecule has 5 rings (SSSR count). The largest absolute Gasteiger partial charge is 0.360 e. The third kappa shape index (κ3) is 4.07. The third-order valence-corrected chi connectivity index (χ3v) is 6.89. The number of likely N-dealkylation sites (tertiary alicyclic amines) is 1. The lowest BCUT2D eigenvalue weighted by molar-refractivity contribution is 0.104. The highest BCUT2D eigenvalue weighted by Gasteiger charge is 2.42. The predicted octanol–water partition coefficient (Wildman–Crippen LogP) is 6.81. The maximum Gasteiger partial charge on any atom is 0.187 e. The van der Waals surface area contributed by atoms with Gasteiger partial charge in [-0.1, -0.05) is 104 Å². The van der Waals surface area contributed by atoms with Crippen LogP contribution in [0.15, 0.2) is 103 Å². The Morgan fingerprint density at radius 1 is 0.774 bits per heavy atom. The van der Waals surface area contributed by atoms with E-state index in [1.165, 1.54) is 42.5 Å². The van der Waals surface area contributed by atoms with Crippen LogP contribution in [0.2, 0.25) is 0 Å². The monoisotopic (exact) mass is 407 g/mol. The number of hydrogen-bond acceptors (Lipinski definition) is 2. The lowest BCUT2D eigenvalue weighted by Gasteiger charge is -2.39. The zero-order valence-corrected chi connectivity index (χ0v) is 17.9. The van der Waals surface area contributed by atoms with E-state index in [4.69, 9.17) is 0 Å². The number of allylic oxidation sites excluding steroid dienone is 2. The highest BCUT2D eigenvalue weighted by molar-refractivity contribution is 6.04. The summed E-state index contributed by atoms with van der Waals surface area (Å²) in [4.78, 5) is 15.7. The molecule has 0 N–H and O–H groups in total. The lowest BCUT2D eigenvalue weighted by atomic mass is 9.84. The summed E-state index contributed by atoms with van der Waals surface area (Å²) in [6, 6.07) is 31.8. The first-order chi connectivity index (χ1) is 15.3. The van der Waals surface area contributed by atoms with Crippen LogP contribution in [0.3, 0.4) is 0 Å². The summed E-state index contributed by atoms with van der Waals surface area (Å²) in [5.41, 5.74) is 4.54. The summed E-state index contributed by atoms with van der Waals surface area (Å²) in [7, 11) is 0. The topological polar surface area (TPSA) is 20.3 Å². The van der Waals surface area contributed by atoms with Crippen molar-refractivity contribution in [3.05, 3.63) is 119 Å². The van der Waals surface area contributed by atoms with Crippen molar-refractivity contribution in [3.63, 3.8) is 0 Å².